The second-order valence-corrected chi connectivity index (χ2v) is 5.50. The zero-order chi connectivity index (χ0) is 13.1. The molecule has 1 fully saturated rings. The molecule has 1 aliphatic heterocycles. The van der Waals surface area contributed by atoms with Gasteiger partial charge in [-0.3, -0.25) is 10.1 Å². The highest BCUT2D eigenvalue weighted by Gasteiger charge is 2.21. The second-order valence-electron chi connectivity index (χ2n) is 4.35. The van der Waals surface area contributed by atoms with Crippen LogP contribution in [0, 0.1) is 10.1 Å². The Morgan fingerprint density at radius 1 is 1.61 bits per heavy atom. The number of anilines is 1. The minimum absolute atomic E-state index is 0.0136. The third-order valence-corrected chi connectivity index (χ3v) is 4.32. The van der Waals surface area contributed by atoms with Crippen molar-refractivity contribution in [2.45, 2.75) is 19.6 Å². The van der Waals surface area contributed by atoms with Crippen LogP contribution in [-0.2, 0) is 6.61 Å². The van der Waals surface area contributed by atoms with Gasteiger partial charge >= 0.3 is 0 Å². The van der Waals surface area contributed by atoms with Gasteiger partial charge in [-0.25, -0.2) is 0 Å². The second kappa shape index (κ2) is 5.58. The zero-order valence-corrected chi connectivity index (χ0v) is 11.0. The van der Waals surface area contributed by atoms with Crippen LogP contribution in [0.2, 0.25) is 0 Å². The molecule has 1 atom stereocenters. The van der Waals surface area contributed by atoms with Gasteiger partial charge in [0.2, 0.25) is 0 Å². The van der Waals surface area contributed by atoms with Gasteiger partial charge in [-0.1, -0.05) is 0 Å². The lowest BCUT2D eigenvalue weighted by Crippen LogP contribution is -2.40. The van der Waals surface area contributed by atoms with Gasteiger partial charge in [-0.05, 0) is 19.1 Å². The molecule has 1 N–H and O–H groups in total. The molecule has 18 heavy (non-hydrogen) atoms. The highest BCUT2D eigenvalue weighted by molar-refractivity contribution is 7.99. The largest absolute Gasteiger partial charge is 0.391 e. The van der Waals surface area contributed by atoms with Crippen molar-refractivity contribution < 1.29 is 10.0 Å². The molecule has 0 radical (unpaired) electrons. The van der Waals surface area contributed by atoms with Crippen LogP contribution in [0.5, 0.6) is 0 Å². The minimum atomic E-state index is -0.454. The van der Waals surface area contributed by atoms with Gasteiger partial charge in [0.25, 0.3) is 5.69 Å². The summed E-state index contributed by atoms with van der Waals surface area (Å²) in [6.07, 6.45) is 0. The number of aliphatic hydroxyl groups is 1. The molecule has 0 aromatic heterocycles. The van der Waals surface area contributed by atoms with E-state index in [1.807, 2.05) is 11.8 Å². The number of benzene rings is 1. The SMILES string of the molecule is CC1CSCCN1c1ccc([N+](=O)[O-])c(CO)c1. The highest BCUT2D eigenvalue weighted by Crippen LogP contribution is 2.28. The first-order chi connectivity index (χ1) is 8.63. The van der Waals surface area contributed by atoms with Gasteiger partial charge in [0.15, 0.2) is 0 Å². The summed E-state index contributed by atoms with van der Waals surface area (Å²) in [6.45, 7) is 2.78. The molecule has 0 aliphatic carbocycles. The average Bonchev–Trinajstić information content (AvgIpc) is 2.38. The van der Waals surface area contributed by atoms with E-state index < -0.39 is 4.92 Å². The predicted molar refractivity (Wildman–Crippen MR) is 73.2 cm³/mol. The standard InChI is InChI=1S/C12H16N2O3S/c1-9-8-18-5-4-13(9)11-2-3-12(14(16)17)10(6-11)7-15/h2-3,6,9,15H,4-5,7-8H2,1H3. The first-order valence-corrected chi connectivity index (χ1v) is 7.01. The summed E-state index contributed by atoms with van der Waals surface area (Å²) in [6, 6.07) is 5.39. The number of rotatable bonds is 3. The lowest BCUT2D eigenvalue weighted by molar-refractivity contribution is -0.385. The number of nitrogens with zero attached hydrogens (tertiary/aromatic N) is 2. The van der Waals surface area contributed by atoms with Crippen molar-refractivity contribution in [3.8, 4) is 0 Å². The topological polar surface area (TPSA) is 66.6 Å². The fourth-order valence-corrected chi connectivity index (χ4v) is 3.18. The van der Waals surface area contributed by atoms with Crippen LogP contribution in [0.4, 0.5) is 11.4 Å². The molecule has 1 heterocycles. The molecule has 1 aliphatic rings. The number of hydrogen-bond acceptors (Lipinski definition) is 5. The van der Waals surface area contributed by atoms with Crippen LogP contribution in [-0.4, -0.2) is 34.1 Å². The van der Waals surface area contributed by atoms with Gasteiger partial charge in [0, 0.05) is 35.8 Å². The van der Waals surface area contributed by atoms with Gasteiger partial charge < -0.3 is 10.0 Å². The Balaban J connectivity index is 2.31. The predicted octanol–water partition coefficient (Wildman–Crippen LogP) is 2.03. The normalized spacial score (nSPS) is 19.9. The van der Waals surface area contributed by atoms with Gasteiger partial charge in [0.1, 0.15) is 0 Å². The summed E-state index contributed by atoms with van der Waals surface area (Å²) in [4.78, 5) is 12.6. The van der Waals surface area contributed by atoms with E-state index in [1.54, 1.807) is 12.1 Å². The van der Waals surface area contributed by atoms with Crippen molar-refractivity contribution in [1.29, 1.82) is 0 Å². The molecule has 1 aromatic rings. The summed E-state index contributed by atoms with van der Waals surface area (Å²) in [5.41, 5.74) is 1.32. The minimum Gasteiger partial charge on any atom is -0.391 e. The Morgan fingerprint density at radius 3 is 3.00 bits per heavy atom. The van der Waals surface area contributed by atoms with E-state index >= 15 is 0 Å². The maximum Gasteiger partial charge on any atom is 0.275 e. The Hall–Kier alpha value is -1.27. The fourth-order valence-electron chi connectivity index (χ4n) is 2.17. The molecule has 1 aromatic carbocycles. The molecular formula is C12H16N2O3S. The highest BCUT2D eigenvalue weighted by atomic mass is 32.2. The van der Waals surface area contributed by atoms with Gasteiger partial charge in [-0.15, -0.1) is 0 Å². The maximum absolute atomic E-state index is 10.8. The molecule has 0 spiro atoms. The Kier molecular flexibility index (Phi) is 4.08. The Bertz CT molecular complexity index is 453. The summed E-state index contributed by atoms with van der Waals surface area (Å²) in [7, 11) is 0. The molecule has 98 valence electrons. The quantitative estimate of drug-likeness (QED) is 0.671. The van der Waals surface area contributed by atoms with Crippen LogP contribution >= 0.6 is 11.8 Å². The number of nitro benzene ring substituents is 1. The molecule has 1 saturated heterocycles. The summed E-state index contributed by atoms with van der Waals surface area (Å²) >= 11 is 1.92. The van der Waals surface area contributed by atoms with Crippen LogP contribution in [0.1, 0.15) is 12.5 Å². The van der Waals surface area contributed by atoms with E-state index in [-0.39, 0.29) is 12.3 Å². The van der Waals surface area contributed by atoms with Crippen molar-refractivity contribution in [3.05, 3.63) is 33.9 Å². The summed E-state index contributed by atoms with van der Waals surface area (Å²) in [5.74, 6) is 2.13. The Labute approximate surface area is 110 Å². The molecule has 1 unspecified atom stereocenters. The summed E-state index contributed by atoms with van der Waals surface area (Å²) in [5, 5.41) is 20.0. The number of aliphatic hydroxyl groups excluding tert-OH is 1. The van der Waals surface area contributed by atoms with Crippen LogP contribution in [0.25, 0.3) is 0 Å². The molecule has 0 amide bonds. The fraction of sp³-hybridized carbons (Fsp3) is 0.500. The van der Waals surface area contributed by atoms with Crippen molar-refractivity contribution in [3.63, 3.8) is 0 Å². The third kappa shape index (κ3) is 2.59. The van der Waals surface area contributed by atoms with E-state index in [0.717, 1.165) is 23.7 Å². The first-order valence-electron chi connectivity index (χ1n) is 5.86. The third-order valence-electron chi connectivity index (χ3n) is 3.13. The lowest BCUT2D eigenvalue weighted by Gasteiger charge is -2.35. The summed E-state index contributed by atoms with van der Waals surface area (Å²) < 4.78 is 0. The van der Waals surface area contributed by atoms with Gasteiger partial charge in [-0.2, -0.15) is 11.8 Å². The van der Waals surface area contributed by atoms with E-state index in [2.05, 4.69) is 11.8 Å². The number of hydrogen-bond donors (Lipinski definition) is 1. The average molecular weight is 268 g/mol. The molecule has 6 heteroatoms. The number of nitro groups is 1. The van der Waals surface area contributed by atoms with Crippen LogP contribution in [0.3, 0.4) is 0 Å². The molecule has 2 rings (SSSR count). The monoisotopic (exact) mass is 268 g/mol. The van der Waals surface area contributed by atoms with Gasteiger partial charge in [0.05, 0.1) is 17.1 Å². The smallest absolute Gasteiger partial charge is 0.275 e. The van der Waals surface area contributed by atoms with Crippen molar-refractivity contribution >= 4 is 23.1 Å². The van der Waals surface area contributed by atoms with Crippen LogP contribution in [0.15, 0.2) is 18.2 Å². The first kappa shape index (κ1) is 13.2. The molecule has 0 bridgehead atoms. The maximum atomic E-state index is 10.8. The number of thioether (sulfide) groups is 1. The van der Waals surface area contributed by atoms with Crippen molar-refractivity contribution in [1.82, 2.24) is 0 Å². The molecule has 0 saturated carbocycles. The molecular weight excluding hydrogens is 252 g/mol. The molecule has 5 nitrogen and oxygen atoms in total. The van der Waals surface area contributed by atoms with E-state index in [0.29, 0.717) is 11.6 Å². The lowest BCUT2D eigenvalue weighted by atomic mass is 10.1. The van der Waals surface area contributed by atoms with Crippen molar-refractivity contribution in [2.75, 3.05) is 23.0 Å². The van der Waals surface area contributed by atoms with E-state index in [9.17, 15) is 15.2 Å². The van der Waals surface area contributed by atoms with E-state index in [1.165, 1.54) is 6.07 Å². The van der Waals surface area contributed by atoms with Crippen LogP contribution < -0.4 is 4.90 Å². The zero-order valence-electron chi connectivity index (χ0n) is 10.2. The van der Waals surface area contributed by atoms with E-state index in [4.69, 9.17) is 0 Å². The Morgan fingerprint density at radius 2 is 2.39 bits per heavy atom. The van der Waals surface area contributed by atoms with Crippen molar-refractivity contribution in [2.24, 2.45) is 0 Å².